The number of para-hydroxylation sites is 1. The maximum atomic E-state index is 15.0. The van der Waals surface area contributed by atoms with E-state index < -0.39 is 46.7 Å². The third kappa shape index (κ3) is 3.03. The minimum absolute atomic E-state index is 0.164. The Bertz CT molecular complexity index is 2110. The van der Waals surface area contributed by atoms with Crippen LogP contribution >= 0.6 is 0 Å². The molecule has 3 fully saturated rings. The standard InChI is InChI=1S/C38H30N4O5/c1-21-12-16-23(17-13-21)40-30(43)20-28(34(40)45)37-26-9-5-6-10-27(26)38(39(3)33(44)25-8-4-7-11-29(25)42(37)38)32-31(37)35(46)41(36(32)47)24-18-14-22(2)15-19-24/h4-19,28,31-32H,20H2,1-3H3/t28-,31?,32?,37?,38?/m0/s1. The SMILES string of the molecule is Cc1ccc(N2C(=O)C3C(C2=O)C24c5ccccc5C3([C@H]3CC(=O)N(c5ccc(C)cc5)C3=O)N2c2ccccc2C(=O)N4C)cc1. The zero-order valence-corrected chi connectivity index (χ0v) is 26.0. The molecule has 5 atom stereocenters. The van der Waals surface area contributed by atoms with Crippen LogP contribution in [0.5, 0.6) is 0 Å². The number of amides is 5. The van der Waals surface area contributed by atoms with Gasteiger partial charge in [0.25, 0.3) is 5.91 Å². The van der Waals surface area contributed by atoms with Gasteiger partial charge in [-0.25, -0.2) is 4.90 Å². The monoisotopic (exact) mass is 622 g/mol. The Labute approximate surface area is 271 Å². The average molecular weight is 623 g/mol. The summed E-state index contributed by atoms with van der Waals surface area (Å²) < 4.78 is 0. The molecule has 9 heteroatoms. The minimum atomic E-state index is -1.45. The summed E-state index contributed by atoms with van der Waals surface area (Å²) in [5.41, 5.74) is 2.29. The summed E-state index contributed by atoms with van der Waals surface area (Å²) in [5, 5.41) is 0. The molecule has 0 N–H and O–H groups in total. The number of hydrogen-bond acceptors (Lipinski definition) is 6. The highest BCUT2D eigenvalue weighted by atomic mass is 16.2. The molecule has 4 unspecified atom stereocenters. The fourth-order valence-corrected chi connectivity index (χ4v) is 9.36. The summed E-state index contributed by atoms with van der Waals surface area (Å²) in [4.78, 5) is 79.1. The van der Waals surface area contributed by atoms with Crippen molar-refractivity contribution in [1.29, 1.82) is 0 Å². The van der Waals surface area contributed by atoms with Crippen molar-refractivity contribution in [2.75, 3.05) is 21.7 Å². The summed E-state index contributed by atoms with van der Waals surface area (Å²) in [6.45, 7) is 3.86. The van der Waals surface area contributed by atoms with Crippen molar-refractivity contribution in [3.8, 4) is 0 Å². The van der Waals surface area contributed by atoms with E-state index in [0.717, 1.165) is 11.1 Å². The van der Waals surface area contributed by atoms with Crippen molar-refractivity contribution in [1.82, 2.24) is 4.90 Å². The van der Waals surface area contributed by atoms with Crippen molar-refractivity contribution < 1.29 is 24.0 Å². The van der Waals surface area contributed by atoms with Gasteiger partial charge in [-0.15, -0.1) is 0 Å². The first kappa shape index (κ1) is 27.7. The number of rotatable bonds is 3. The van der Waals surface area contributed by atoms with Crippen LogP contribution < -0.4 is 14.7 Å². The number of carbonyl (C=O) groups is 5. The predicted octanol–water partition coefficient (Wildman–Crippen LogP) is 4.66. The van der Waals surface area contributed by atoms with Crippen LogP contribution in [-0.4, -0.2) is 41.5 Å². The Morgan fingerprint density at radius 1 is 0.617 bits per heavy atom. The van der Waals surface area contributed by atoms with E-state index in [-0.39, 0.29) is 18.2 Å². The fourth-order valence-electron chi connectivity index (χ4n) is 9.36. The lowest BCUT2D eigenvalue weighted by Crippen LogP contribution is -2.64. The number of carbonyl (C=O) groups excluding carboxylic acids is 5. The lowest BCUT2D eigenvalue weighted by atomic mass is 9.62. The zero-order valence-electron chi connectivity index (χ0n) is 26.0. The molecule has 3 saturated heterocycles. The molecule has 0 aliphatic carbocycles. The predicted molar refractivity (Wildman–Crippen MR) is 173 cm³/mol. The Balaban J connectivity index is 1.35. The van der Waals surface area contributed by atoms with E-state index in [0.29, 0.717) is 33.8 Å². The largest absolute Gasteiger partial charge is 0.332 e. The van der Waals surface area contributed by atoms with Gasteiger partial charge in [0, 0.05) is 19.0 Å². The number of hydrogen-bond donors (Lipinski definition) is 0. The molecule has 4 aromatic carbocycles. The van der Waals surface area contributed by atoms with Crippen molar-refractivity contribution in [2.45, 2.75) is 31.5 Å². The van der Waals surface area contributed by atoms with Gasteiger partial charge in [0.1, 0.15) is 0 Å². The lowest BCUT2D eigenvalue weighted by Gasteiger charge is -2.52. The molecule has 9 nitrogen and oxygen atoms in total. The highest BCUT2D eigenvalue weighted by Gasteiger charge is 2.85. The van der Waals surface area contributed by atoms with E-state index >= 15 is 4.79 Å². The fraction of sp³-hybridized carbons (Fsp3) is 0.237. The highest BCUT2D eigenvalue weighted by Crippen LogP contribution is 2.74. The molecule has 5 heterocycles. The zero-order chi connectivity index (χ0) is 32.6. The first-order valence-electron chi connectivity index (χ1n) is 15.8. The van der Waals surface area contributed by atoms with Crippen LogP contribution in [0.3, 0.4) is 0 Å². The summed E-state index contributed by atoms with van der Waals surface area (Å²) in [6, 6.07) is 29.0. The van der Waals surface area contributed by atoms with E-state index in [1.54, 1.807) is 48.3 Å². The second kappa shape index (κ2) is 9.03. The van der Waals surface area contributed by atoms with Gasteiger partial charge in [0.05, 0.1) is 45.9 Å². The quantitative estimate of drug-likeness (QED) is 0.309. The lowest BCUT2D eigenvalue weighted by molar-refractivity contribution is -0.127. The van der Waals surface area contributed by atoms with Gasteiger partial charge in [-0.2, -0.15) is 0 Å². The maximum absolute atomic E-state index is 15.0. The molecular weight excluding hydrogens is 592 g/mol. The minimum Gasteiger partial charge on any atom is -0.332 e. The molecule has 5 aliphatic heterocycles. The number of aryl methyl sites for hydroxylation is 2. The molecule has 0 saturated carbocycles. The Kier molecular flexibility index (Phi) is 5.33. The van der Waals surface area contributed by atoms with E-state index in [1.165, 1.54) is 9.80 Å². The molecule has 0 radical (unpaired) electrons. The summed E-state index contributed by atoms with van der Waals surface area (Å²) >= 11 is 0. The second-order valence-corrected chi connectivity index (χ2v) is 13.3. The first-order valence-corrected chi connectivity index (χ1v) is 15.8. The molecule has 47 heavy (non-hydrogen) atoms. The normalized spacial score (nSPS) is 28.7. The van der Waals surface area contributed by atoms with E-state index in [9.17, 15) is 19.2 Å². The molecule has 5 aliphatic rings. The first-order chi connectivity index (χ1) is 22.6. The van der Waals surface area contributed by atoms with Crippen molar-refractivity contribution in [3.05, 3.63) is 125 Å². The van der Waals surface area contributed by atoms with Crippen LogP contribution in [0.15, 0.2) is 97.1 Å². The topological polar surface area (TPSA) is 98.3 Å². The summed E-state index contributed by atoms with van der Waals surface area (Å²) in [5.74, 6) is -5.10. The van der Waals surface area contributed by atoms with Gasteiger partial charge in [-0.3, -0.25) is 28.9 Å². The molecule has 0 spiro atoms. The molecule has 2 bridgehead atoms. The molecular formula is C38H30N4O5. The van der Waals surface area contributed by atoms with E-state index in [2.05, 4.69) is 0 Å². The average Bonchev–Trinajstić information content (AvgIpc) is 3.72. The van der Waals surface area contributed by atoms with Gasteiger partial charge >= 0.3 is 0 Å². The Morgan fingerprint density at radius 2 is 1.17 bits per heavy atom. The van der Waals surface area contributed by atoms with Crippen LogP contribution in [0.2, 0.25) is 0 Å². The smallest absolute Gasteiger partial charge is 0.257 e. The second-order valence-electron chi connectivity index (χ2n) is 13.3. The molecule has 5 amide bonds. The molecule has 4 aromatic rings. The number of nitrogens with zero attached hydrogens (tertiary/aromatic N) is 4. The van der Waals surface area contributed by atoms with Gasteiger partial charge in [-0.05, 0) is 55.8 Å². The van der Waals surface area contributed by atoms with Crippen LogP contribution in [-0.2, 0) is 30.4 Å². The Morgan fingerprint density at radius 3 is 1.83 bits per heavy atom. The van der Waals surface area contributed by atoms with Crippen LogP contribution in [0.4, 0.5) is 17.1 Å². The molecule has 0 aromatic heterocycles. The summed E-state index contributed by atoms with van der Waals surface area (Å²) in [6.07, 6.45) is -0.164. The highest BCUT2D eigenvalue weighted by molar-refractivity contribution is 6.27. The number of benzene rings is 4. The molecule has 9 rings (SSSR count). The van der Waals surface area contributed by atoms with Crippen LogP contribution in [0, 0.1) is 31.6 Å². The number of anilines is 3. The van der Waals surface area contributed by atoms with Gasteiger partial charge < -0.3 is 9.80 Å². The maximum Gasteiger partial charge on any atom is 0.257 e. The van der Waals surface area contributed by atoms with Crippen molar-refractivity contribution in [2.24, 2.45) is 17.8 Å². The number of imide groups is 2. The van der Waals surface area contributed by atoms with Crippen LogP contribution in [0.1, 0.15) is 39.0 Å². The molecule has 232 valence electrons. The van der Waals surface area contributed by atoms with Crippen molar-refractivity contribution >= 4 is 46.6 Å². The van der Waals surface area contributed by atoms with Gasteiger partial charge in [-0.1, -0.05) is 71.8 Å². The number of fused-ring (bicyclic) bond motifs is 5. The summed E-state index contributed by atoms with van der Waals surface area (Å²) in [7, 11) is 1.67. The van der Waals surface area contributed by atoms with Crippen molar-refractivity contribution in [3.63, 3.8) is 0 Å². The van der Waals surface area contributed by atoms with Crippen LogP contribution in [0.25, 0.3) is 0 Å². The van der Waals surface area contributed by atoms with Gasteiger partial charge in [0.15, 0.2) is 5.66 Å². The van der Waals surface area contributed by atoms with E-state index in [4.69, 9.17) is 0 Å². The Hall–Kier alpha value is -5.57. The third-order valence-corrected chi connectivity index (χ3v) is 11.1. The van der Waals surface area contributed by atoms with Gasteiger partial charge in [0.2, 0.25) is 23.6 Å². The van der Waals surface area contributed by atoms with E-state index in [1.807, 2.05) is 79.4 Å². The third-order valence-electron chi connectivity index (χ3n) is 11.1.